The van der Waals surface area contributed by atoms with Gasteiger partial charge in [0.05, 0.1) is 0 Å². The standard InChI is InChI=1S/C11H14N2O3/c14-10(15)9-6-8(12-11(16)13-9)7-4-2-1-3-5-7/h6-7H,1-5H2,(H,14,15)(H,12,13,16). The van der Waals surface area contributed by atoms with Crippen LogP contribution in [-0.4, -0.2) is 21.0 Å². The summed E-state index contributed by atoms with van der Waals surface area (Å²) in [5, 5.41) is 8.82. The summed E-state index contributed by atoms with van der Waals surface area (Å²) in [6, 6.07) is 1.49. The monoisotopic (exact) mass is 222 g/mol. The minimum atomic E-state index is -1.15. The second-order valence-corrected chi connectivity index (χ2v) is 4.17. The molecule has 1 fully saturated rings. The van der Waals surface area contributed by atoms with Gasteiger partial charge in [0.2, 0.25) is 0 Å². The van der Waals surface area contributed by atoms with Crippen LogP contribution in [-0.2, 0) is 0 Å². The molecule has 0 radical (unpaired) electrons. The molecule has 5 nitrogen and oxygen atoms in total. The minimum Gasteiger partial charge on any atom is -0.477 e. The first-order chi connectivity index (χ1) is 7.66. The van der Waals surface area contributed by atoms with Crippen LogP contribution in [0.15, 0.2) is 10.9 Å². The Morgan fingerprint density at radius 1 is 1.38 bits per heavy atom. The van der Waals surface area contributed by atoms with Crippen molar-refractivity contribution in [2.24, 2.45) is 0 Å². The van der Waals surface area contributed by atoms with Gasteiger partial charge in [0, 0.05) is 5.69 Å². The van der Waals surface area contributed by atoms with Gasteiger partial charge in [0.25, 0.3) is 0 Å². The van der Waals surface area contributed by atoms with Gasteiger partial charge in [-0.05, 0) is 24.8 Å². The lowest BCUT2D eigenvalue weighted by atomic mass is 9.86. The molecule has 0 bridgehead atoms. The van der Waals surface area contributed by atoms with E-state index < -0.39 is 11.7 Å². The van der Waals surface area contributed by atoms with E-state index in [1.54, 1.807) is 0 Å². The molecule has 0 saturated heterocycles. The minimum absolute atomic E-state index is 0.163. The number of hydrogen-bond donors (Lipinski definition) is 2. The molecule has 1 saturated carbocycles. The molecule has 0 spiro atoms. The Balaban J connectivity index is 2.32. The highest BCUT2D eigenvalue weighted by atomic mass is 16.4. The van der Waals surface area contributed by atoms with Gasteiger partial charge in [-0.15, -0.1) is 0 Å². The smallest absolute Gasteiger partial charge is 0.354 e. The maximum absolute atomic E-state index is 11.2. The quantitative estimate of drug-likeness (QED) is 0.794. The van der Waals surface area contributed by atoms with Crippen LogP contribution in [0.2, 0.25) is 0 Å². The molecule has 0 aromatic carbocycles. The number of hydrogen-bond acceptors (Lipinski definition) is 3. The van der Waals surface area contributed by atoms with Crippen molar-refractivity contribution in [2.75, 3.05) is 0 Å². The van der Waals surface area contributed by atoms with Gasteiger partial charge in [-0.25, -0.2) is 9.59 Å². The number of aromatic amines is 1. The largest absolute Gasteiger partial charge is 0.477 e. The van der Waals surface area contributed by atoms with Gasteiger partial charge < -0.3 is 10.1 Å². The van der Waals surface area contributed by atoms with E-state index in [0.717, 1.165) is 31.4 Å². The van der Waals surface area contributed by atoms with Crippen LogP contribution < -0.4 is 5.69 Å². The zero-order valence-electron chi connectivity index (χ0n) is 8.90. The number of nitrogens with one attached hydrogen (secondary N) is 1. The molecule has 1 heterocycles. The van der Waals surface area contributed by atoms with Crippen LogP contribution in [0.4, 0.5) is 0 Å². The topological polar surface area (TPSA) is 83.0 Å². The first kappa shape index (κ1) is 10.9. The summed E-state index contributed by atoms with van der Waals surface area (Å²) >= 11 is 0. The summed E-state index contributed by atoms with van der Waals surface area (Å²) < 4.78 is 0. The lowest BCUT2D eigenvalue weighted by Gasteiger charge is -2.21. The van der Waals surface area contributed by atoms with E-state index >= 15 is 0 Å². The summed E-state index contributed by atoms with van der Waals surface area (Å²) in [5.41, 5.74) is -0.0121. The number of carbonyl (C=O) groups is 1. The average Bonchev–Trinajstić information content (AvgIpc) is 2.29. The summed E-state index contributed by atoms with van der Waals surface area (Å²) in [5.74, 6) is -0.870. The second kappa shape index (κ2) is 4.47. The third kappa shape index (κ3) is 2.29. The fraction of sp³-hybridized carbons (Fsp3) is 0.545. The van der Waals surface area contributed by atoms with Crippen molar-refractivity contribution in [3.05, 3.63) is 27.9 Å². The first-order valence-electron chi connectivity index (χ1n) is 5.51. The van der Waals surface area contributed by atoms with Crippen LogP contribution in [0, 0.1) is 0 Å². The number of H-pyrrole nitrogens is 1. The van der Waals surface area contributed by atoms with E-state index in [1.807, 2.05) is 0 Å². The lowest BCUT2D eigenvalue weighted by molar-refractivity contribution is 0.0689. The third-order valence-corrected chi connectivity index (χ3v) is 3.03. The molecule has 1 aliphatic rings. The molecule has 1 aromatic rings. The van der Waals surface area contributed by atoms with Crippen LogP contribution in [0.5, 0.6) is 0 Å². The van der Waals surface area contributed by atoms with Crippen molar-refractivity contribution in [1.29, 1.82) is 0 Å². The molecule has 2 rings (SSSR count). The molecule has 86 valence electrons. The van der Waals surface area contributed by atoms with Gasteiger partial charge >= 0.3 is 11.7 Å². The summed E-state index contributed by atoms with van der Waals surface area (Å²) in [7, 11) is 0. The van der Waals surface area contributed by atoms with Gasteiger partial charge in [-0.1, -0.05) is 19.3 Å². The highest BCUT2D eigenvalue weighted by molar-refractivity contribution is 5.85. The number of rotatable bonds is 2. The number of nitrogens with zero attached hydrogens (tertiary/aromatic N) is 1. The number of aromatic carboxylic acids is 1. The third-order valence-electron chi connectivity index (χ3n) is 3.03. The maximum atomic E-state index is 11.2. The summed E-state index contributed by atoms with van der Waals surface area (Å²) in [6.45, 7) is 0. The summed E-state index contributed by atoms with van der Waals surface area (Å²) in [4.78, 5) is 28.1. The predicted molar refractivity (Wildman–Crippen MR) is 57.6 cm³/mol. The van der Waals surface area contributed by atoms with E-state index in [9.17, 15) is 9.59 Å². The van der Waals surface area contributed by atoms with Crippen molar-refractivity contribution < 1.29 is 9.90 Å². The van der Waals surface area contributed by atoms with E-state index in [4.69, 9.17) is 5.11 Å². The van der Waals surface area contributed by atoms with Gasteiger partial charge in [-0.2, -0.15) is 4.98 Å². The zero-order chi connectivity index (χ0) is 11.5. The molecule has 5 heteroatoms. The Morgan fingerprint density at radius 2 is 2.06 bits per heavy atom. The Morgan fingerprint density at radius 3 is 2.69 bits per heavy atom. The Kier molecular flexibility index (Phi) is 3.03. The molecule has 0 unspecified atom stereocenters. The fourth-order valence-corrected chi connectivity index (χ4v) is 2.22. The van der Waals surface area contributed by atoms with Crippen molar-refractivity contribution in [2.45, 2.75) is 38.0 Å². The molecule has 2 N–H and O–H groups in total. The molecule has 1 aliphatic carbocycles. The van der Waals surface area contributed by atoms with E-state index in [1.165, 1.54) is 12.5 Å². The van der Waals surface area contributed by atoms with E-state index in [0.29, 0.717) is 0 Å². The zero-order valence-corrected chi connectivity index (χ0v) is 8.90. The fourth-order valence-electron chi connectivity index (χ4n) is 2.22. The molecular weight excluding hydrogens is 208 g/mol. The van der Waals surface area contributed by atoms with Crippen LogP contribution in [0.3, 0.4) is 0 Å². The lowest BCUT2D eigenvalue weighted by Crippen LogP contribution is -2.20. The van der Waals surface area contributed by atoms with Crippen molar-refractivity contribution in [1.82, 2.24) is 9.97 Å². The van der Waals surface area contributed by atoms with Gasteiger partial charge in [-0.3, -0.25) is 0 Å². The van der Waals surface area contributed by atoms with E-state index in [2.05, 4.69) is 9.97 Å². The van der Waals surface area contributed by atoms with Crippen LogP contribution in [0.25, 0.3) is 0 Å². The van der Waals surface area contributed by atoms with Crippen molar-refractivity contribution in [3.8, 4) is 0 Å². The number of carboxylic acid groups (broad SMARTS) is 1. The van der Waals surface area contributed by atoms with Crippen LogP contribution >= 0.6 is 0 Å². The molecule has 16 heavy (non-hydrogen) atoms. The molecule has 1 aromatic heterocycles. The van der Waals surface area contributed by atoms with Gasteiger partial charge in [0.15, 0.2) is 5.69 Å². The summed E-state index contributed by atoms with van der Waals surface area (Å²) in [6.07, 6.45) is 5.52. The maximum Gasteiger partial charge on any atom is 0.354 e. The predicted octanol–water partition coefficient (Wildman–Crippen LogP) is 1.52. The number of carboxylic acids is 1. The van der Waals surface area contributed by atoms with Crippen molar-refractivity contribution >= 4 is 5.97 Å². The normalized spacial score (nSPS) is 17.2. The van der Waals surface area contributed by atoms with Gasteiger partial charge in [0.1, 0.15) is 0 Å². The first-order valence-corrected chi connectivity index (χ1v) is 5.51. The molecular formula is C11H14N2O3. The highest BCUT2D eigenvalue weighted by Gasteiger charge is 2.18. The SMILES string of the molecule is O=C(O)c1cc(C2CCCCC2)[nH]c(=O)n1. The molecule has 0 aliphatic heterocycles. The Labute approximate surface area is 92.5 Å². The van der Waals surface area contributed by atoms with Crippen LogP contribution in [0.1, 0.15) is 54.2 Å². The molecule has 0 atom stereocenters. The molecule has 0 amide bonds. The second-order valence-electron chi connectivity index (χ2n) is 4.17. The van der Waals surface area contributed by atoms with E-state index in [-0.39, 0.29) is 11.6 Å². The highest BCUT2D eigenvalue weighted by Crippen LogP contribution is 2.30. The van der Waals surface area contributed by atoms with Crippen molar-refractivity contribution in [3.63, 3.8) is 0 Å². The average molecular weight is 222 g/mol. The Bertz CT molecular complexity index is 447. The Hall–Kier alpha value is -1.65. The number of aromatic nitrogens is 2.